The van der Waals surface area contributed by atoms with Gasteiger partial charge < -0.3 is 4.74 Å². The first kappa shape index (κ1) is 11.2. The third kappa shape index (κ3) is 2.33. The van der Waals surface area contributed by atoms with Gasteiger partial charge in [-0.25, -0.2) is 4.98 Å². The molecule has 0 amide bonds. The maximum atomic E-state index is 11.6. The molecule has 1 atom stereocenters. The second kappa shape index (κ2) is 4.57. The zero-order valence-corrected chi connectivity index (χ0v) is 9.21. The van der Waals surface area contributed by atoms with Crippen LogP contribution in [0.2, 0.25) is 5.15 Å². The molecule has 0 aliphatic heterocycles. The molecule has 0 spiro atoms. The SMILES string of the molecule is COCC(C)n1c(C)nc(Cl)cc1=O. The maximum Gasteiger partial charge on any atom is 0.255 e. The van der Waals surface area contributed by atoms with Crippen molar-refractivity contribution in [1.29, 1.82) is 0 Å². The predicted octanol–water partition coefficient (Wildman–Crippen LogP) is 1.41. The maximum absolute atomic E-state index is 11.6. The fraction of sp³-hybridized carbons (Fsp3) is 0.556. The van der Waals surface area contributed by atoms with Gasteiger partial charge in [0, 0.05) is 13.2 Å². The van der Waals surface area contributed by atoms with Crippen molar-refractivity contribution in [3.8, 4) is 0 Å². The van der Waals surface area contributed by atoms with E-state index in [2.05, 4.69) is 4.98 Å². The molecule has 5 heteroatoms. The van der Waals surface area contributed by atoms with E-state index in [0.717, 1.165) is 0 Å². The summed E-state index contributed by atoms with van der Waals surface area (Å²) in [5.41, 5.74) is -0.146. The van der Waals surface area contributed by atoms with Gasteiger partial charge in [0.1, 0.15) is 11.0 Å². The average Bonchev–Trinajstić information content (AvgIpc) is 2.01. The van der Waals surface area contributed by atoms with Crippen LogP contribution in [0.25, 0.3) is 0 Å². The molecule has 1 rings (SSSR count). The Morgan fingerprint density at radius 2 is 2.36 bits per heavy atom. The van der Waals surface area contributed by atoms with Gasteiger partial charge >= 0.3 is 0 Å². The molecule has 14 heavy (non-hydrogen) atoms. The Labute approximate surface area is 87.5 Å². The van der Waals surface area contributed by atoms with Gasteiger partial charge in [-0.1, -0.05) is 11.6 Å². The minimum Gasteiger partial charge on any atom is -0.383 e. The van der Waals surface area contributed by atoms with Crippen molar-refractivity contribution in [3.63, 3.8) is 0 Å². The number of halogens is 1. The second-order valence-electron chi connectivity index (χ2n) is 3.14. The van der Waals surface area contributed by atoms with E-state index in [1.807, 2.05) is 6.92 Å². The van der Waals surface area contributed by atoms with Crippen LogP contribution in [0.4, 0.5) is 0 Å². The van der Waals surface area contributed by atoms with Crippen LogP contribution in [0.3, 0.4) is 0 Å². The molecule has 0 aromatic carbocycles. The molecular weight excluding hydrogens is 204 g/mol. The lowest BCUT2D eigenvalue weighted by Gasteiger charge is -2.16. The van der Waals surface area contributed by atoms with Gasteiger partial charge in [0.15, 0.2) is 0 Å². The Bertz CT molecular complexity index is 376. The Morgan fingerprint density at radius 3 is 2.86 bits per heavy atom. The molecule has 0 fully saturated rings. The molecule has 0 radical (unpaired) electrons. The molecule has 1 heterocycles. The van der Waals surface area contributed by atoms with Crippen LogP contribution in [0.1, 0.15) is 18.8 Å². The standard InChI is InChI=1S/C9H13ClN2O2/c1-6(5-14-3)12-7(2)11-8(10)4-9(12)13/h4,6H,5H2,1-3H3. The van der Waals surface area contributed by atoms with Crippen LogP contribution < -0.4 is 5.56 Å². The number of aryl methyl sites for hydroxylation is 1. The van der Waals surface area contributed by atoms with E-state index in [1.165, 1.54) is 6.07 Å². The number of hydrogen-bond donors (Lipinski definition) is 0. The molecule has 0 bridgehead atoms. The van der Waals surface area contributed by atoms with Crippen molar-refractivity contribution in [2.24, 2.45) is 0 Å². The highest BCUT2D eigenvalue weighted by atomic mass is 35.5. The van der Waals surface area contributed by atoms with Crippen molar-refractivity contribution >= 4 is 11.6 Å². The third-order valence-corrected chi connectivity index (χ3v) is 2.14. The van der Waals surface area contributed by atoms with Gasteiger partial charge in [-0.2, -0.15) is 0 Å². The van der Waals surface area contributed by atoms with Crippen molar-refractivity contribution in [1.82, 2.24) is 9.55 Å². The minimum absolute atomic E-state index is 0.0303. The molecule has 1 aromatic heterocycles. The Morgan fingerprint density at radius 1 is 1.71 bits per heavy atom. The summed E-state index contributed by atoms with van der Waals surface area (Å²) < 4.78 is 6.54. The van der Waals surface area contributed by atoms with E-state index < -0.39 is 0 Å². The molecule has 0 saturated carbocycles. The number of ether oxygens (including phenoxy) is 1. The zero-order chi connectivity index (χ0) is 10.7. The van der Waals surface area contributed by atoms with E-state index >= 15 is 0 Å². The number of nitrogens with zero attached hydrogens (tertiary/aromatic N) is 2. The van der Waals surface area contributed by atoms with E-state index in [-0.39, 0.29) is 16.8 Å². The lowest BCUT2D eigenvalue weighted by Crippen LogP contribution is -2.28. The van der Waals surface area contributed by atoms with Gasteiger partial charge in [-0.05, 0) is 13.8 Å². The molecule has 0 saturated heterocycles. The minimum atomic E-state index is -0.146. The van der Waals surface area contributed by atoms with Gasteiger partial charge in [0.05, 0.1) is 12.6 Å². The fourth-order valence-corrected chi connectivity index (χ4v) is 1.64. The highest BCUT2D eigenvalue weighted by molar-refractivity contribution is 6.29. The topological polar surface area (TPSA) is 44.1 Å². The van der Waals surface area contributed by atoms with Gasteiger partial charge in [0.2, 0.25) is 0 Å². The molecule has 0 N–H and O–H groups in total. The zero-order valence-electron chi connectivity index (χ0n) is 8.45. The van der Waals surface area contributed by atoms with Crippen molar-refractivity contribution in [3.05, 3.63) is 27.4 Å². The molecule has 0 aliphatic carbocycles. The summed E-state index contributed by atoms with van der Waals surface area (Å²) in [5, 5.41) is 0.230. The second-order valence-corrected chi connectivity index (χ2v) is 3.53. The molecule has 78 valence electrons. The molecule has 1 aromatic rings. The summed E-state index contributed by atoms with van der Waals surface area (Å²) >= 11 is 5.65. The van der Waals surface area contributed by atoms with Gasteiger partial charge in [-0.15, -0.1) is 0 Å². The van der Waals surface area contributed by atoms with Gasteiger partial charge in [-0.3, -0.25) is 9.36 Å². The summed E-state index contributed by atoms with van der Waals surface area (Å²) in [5.74, 6) is 0.604. The first-order valence-electron chi connectivity index (χ1n) is 4.31. The highest BCUT2D eigenvalue weighted by Gasteiger charge is 2.10. The monoisotopic (exact) mass is 216 g/mol. The Balaban J connectivity index is 3.14. The van der Waals surface area contributed by atoms with Gasteiger partial charge in [0.25, 0.3) is 5.56 Å². The molecule has 0 aliphatic rings. The summed E-state index contributed by atoms with van der Waals surface area (Å²) in [6, 6.07) is 1.28. The van der Waals surface area contributed by atoms with E-state index in [0.29, 0.717) is 12.4 Å². The molecule has 1 unspecified atom stereocenters. The van der Waals surface area contributed by atoms with Crippen LogP contribution >= 0.6 is 11.6 Å². The highest BCUT2D eigenvalue weighted by Crippen LogP contribution is 2.07. The summed E-state index contributed by atoms with van der Waals surface area (Å²) in [4.78, 5) is 15.6. The largest absolute Gasteiger partial charge is 0.383 e. The Kier molecular flexibility index (Phi) is 3.66. The summed E-state index contributed by atoms with van der Waals surface area (Å²) in [7, 11) is 1.60. The van der Waals surface area contributed by atoms with Crippen LogP contribution in [0, 0.1) is 6.92 Å². The molecular formula is C9H13ClN2O2. The van der Waals surface area contributed by atoms with Crippen molar-refractivity contribution in [2.45, 2.75) is 19.9 Å². The number of rotatable bonds is 3. The number of methoxy groups -OCH3 is 1. The van der Waals surface area contributed by atoms with Crippen LogP contribution in [0.5, 0.6) is 0 Å². The number of aromatic nitrogens is 2. The average molecular weight is 217 g/mol. The summed E-state index contributed by atoms with van der Waals surface area (Å²) in [6.45, 7) is 4.12. The van der Waals surface area contributed by atoms with E-state index in [9.17, 15) is 4.79 Å². The van der Waals surface area contributed by atoms with Crippen LogP contribution in [-0.4, -0.2) is 23.3 Å². The lowest BCUT2D eigenvalue weighted by molar-refractivity contribution is 0.159. The quantitative estimate of drug-likeness (QED) is 0.718. The first-order valence-corrected chi connectivity index (χ1v) is 4.68. The van der Waals surface area contributed by atoms with Crippen molar-refractivity contribution in [2.75, 3.05) is 13.7 Å². The van der Waals surface area contributed by atoms with Crippen LogP contribution in [0.15, 0.2) is 10.9 Å². The first-order chi connectivity index (χ1) is 6.56. The van der Waals surface area contributed by atoms with E-state index in [4.69, 9.17) is 16.3 Å². The fourth-order valence-electron chi connectivity index (χ4n) is 1.42. The third-order valence-electron chi connectivity index (χ3n) is 1.95. The Hall–Kier alpha value is -0.870. The summed E-state index contributed by atoms with van der Waals surface area (Å²) in [6.07, 6.45) is 0. The smallest absolute Gasteiger partial charge is 0.255 e. The molecule has 4 nitrogen and oxygen atoms in total. The number of hydrogen-bond acceptors (Lipinski definition) is 3. The van der Waals surface area contributed by atoms with Crippen molar-refractivity contribution < 1.29 is 4.74 Å². The lowest BCUT2D eigenvalue weighted by atomic mass is 10.3. The van der Waals surface area contributed by atoms with E-state index in [1.54, 1.807) is 18.6 Å². The van der Waals surface area contributed by atoms with Crippen LogP contribution in [-0.2, 0) is 4.74 Å². The normalized spacial score (nSPS) is 12.9. The predicted molar refractivity (Wildman–Crippen MR) is 54.8 cm³/mol.